The number of hydrogen-bond acceptors (Lipinski definition) is 2. The van der Waals surface area contributed by atoms with Crippen LogP contribution in [0.1, 0.15) is 51.5 Å². The van der Waals surface area contributed by atoms with Gasteiger partial charge in [0, 0.05) is 12.1 Å². The molecule has 19 heavy (non-hydrogen) atoms. The number of hydrogen-bond donors (Lipinski definition) is 1. The fraction of sp³-hybridized carbons (Fsp3) is 0.625. The quantitative estimate of drug-likeness (QED) is 0.623. The summed E-state index contributed by atoms with van der Waals surface area (Å²) in [6, 6.07) is 5.96. The molecule has 0 saturated heterocycles. The first-order chi connectivity index (χ1) is 9.29. The highest BCUT2D eigenvalue weighted by atomic mass is 35.5. The normalized spacial score (nSPS) is 10.7. The van der Waals surface area contributed by atoms with Crippen LogP contribution in [0.15, 0.2) is 18.2 Å². The maximum Gasteiger partial charge on any atom is 0.142 e. The van der Waals surface area contributed by atoms with Crippen LogP contribution in [0, 0.1) is 0 Å². The zero-order chi connectivity index (χ0) is 13.9. The van der Waals surface area contributed by atoms with E-state index >= 15 is 0 Å². The molecule has 0 bridgehead atoms. The Hall–Kier alpha value is -0.730. The Bertz CT molecular complexity index is 355. The summed E-state index contributed by atoms with van der Waals surface area (Å²) in [5.74, 6) is 0.851. The van der Waals surface area contributed by atoms with Gasteiger partial charge in [-0.2, -0.15) is 0 Å². The van der Waals surface area contributed by atoms with E-state index in [9.17, 15) is 0 Å². The lowest BCUT2D eigenvalue weighted by Crippen LogP contribution is -2.15. The largest absolute Gasteiger partial charge is 0.492 e. The van der Waals surface area contributed by atoms with Gasteiger partial charge in [-0.25, -0.2) is 0 Å². The van der Waals surface area contributed by atoms with Crippen molar-refractivity contribution < 1.29 is 4.74 Å². The van der Waals surface area contributed by atoms with E-state index in [4.69, 9.17) is 16.3 Å². The number of para-hydroxylation sites is 1. The molecular formula is C16H26ClNO. The van der Waals surface area contributed by atoms with Crippen molar-refractivity contribution in [2.45, 2.75) is 52.5 Å². The van der Waals surface area contributed by atoms with E-state index in [1.807, 2.05) is 12.1 Å². The number of benzene rings is 1. The minimum atomic E-state index is 0.714. The maximum atomic E-state index is 6.23. The predicted octanol–water partition coefficient (Wildman–Crippen LogP) is 4.80. The van der Waals surface area contributed by atoms with Gasteiger partial charge in [0.1, 0.15) is 5.75 Å². The molecule has 1 rings (SSSR count). The van der Waals surface area contributed by atoms with Crippen LogP contribution in [-0.2, 0) is 6.54 Å². The maximum absolute atomic E-state index is 6.23. The van der Waals surface area contributed by atoms with Gasteiger partial charge >= 0.3 is 0 Å². The van der Waals surface area contributed by atoms with E-state index in [-0.39, 0.29) is 0 Å². The van der Waals surface area contributed by atoms with Gasteiger partial charge in [0.05, 0.1) is 11.6 Å². The van der Waals surface area contributed by atoms with Gasteiger partial charge in [0.15, 0.2) is 0 Å². The molecule has 0 spiro atoms. The standard InChI is InChI=1S/C16H26ClNO/c1-3-5-6-7-12-19-16-14(13-18-11-4-2)9-8-10-15(16)17/h8-10,18H,3-7,11-13H2,1-2H3. The lowest BCUT2D eigenvalue weighted by molar-refractivity contribution is 0.301. The van der Waals surface area contributed by atoms with Crippen LogP contribution < -0.4 is 10.1 Å². The topological polar surface area (TPSA) is 21.3 Å². The molecule has 0 amide bonds. The van der Waals surface area contributed by atoms with Crippen molar-refractivity contribution in [3.8, 4) is 5.75 Å². The van der Waals surface area contributed by atoms with E-state index in [0.717, 1.165) is 43.9 Å². The third-order valence-corrected chi connectivity index (χ3v) is 3.33. The van der Waals surface area contributed by atoms with E-state index in [2.05, 4.69) is 25.2 Å². The predicted molar refractivity (Wildman–Crippen MR) is 83.1 cm³/mol. The molecular weight excluding hydrogens is 258 g/mol. The zero-order valence-electron chi connectivity index (χ0n) is 12.2. The minimum Gasteiger partial charge on any atom is -0.492 e. The lowest BCUT2D eigenvalue weighted by atomic mass is 10.2. The molecule has 0 fully saturated rings. The molecule has 2 nitrogen and oxygen atoms in total. The summed E-state index contributed by atoms with van der Waals surface area (Å²) in [6.45, 7) is 6.97. The third kappa shape index (κ3) is 6.31. The minimum absolute atomic E-state index is 0.714. The summed E-state index contributed by atoms with van der Waals surface area (Å²) in [4.78, 5) is 0. The molecule has 0 radical (unpaired) electrons. The van der Waals surface area contributed by atoms with E-state index in [1.54, 1.807) is 0 Å². The Balaban J connectivity index is 2.49. The summed E-state index contributed by atoms with van der Waals surface area (Å²) in [5, 5.41) is 4.11. The second-order valence-corrected chi connectivity index (χ2v) is 5.22. The number of nitrogens with one attached hydrogen (secondary N) is 1. The molecule has 0 saturated carbocycles. The van der Waals surface area contributed by atoms with Crippen molar-refractivity contribution in [2.24, 2.45) is 0 Å². The van der Waals surface area contributed by atoms with Crippen LogP contribution >= 0.6 is 11.6 Å². The average molecular weight is 284 g/mol. The first-order valence-corrected chi connectivity index (χ1v) is 7.78. The molecule has 0 aliphatic rings. The fourth-order valence-electron chi connectivity index (χ4n) is 1.96. The van der Waals surface area contributed by atoms with Gasteiger partial charge in [0.25, 0.3) is 0 Å². The second kappa shape index (κ2) is 10.1. The van der Waals surface area contributed by atoms with Crippen molar-refractivity contribution in [1.29, 1.82) is 0 Å². The highest BCUT2D eigenvalue weighted by Crippen LogP contribution is 2.28. The Morgan fingerprint density at radius 1 is 1.11 bits per heavy atom. The summed E-state index contributed by atoms with van der Waals surface area (Å²) >= 11 is 6.23. The Labute approximate surface area is 122 Å². The third-order valence-electron chi connectivity index (χ3n) is 3.04. The van der Waals surface area contributed by atoms with Gasteiger partial charge < -0.3 is 10.1 Å². The van der Waals surface area contributed by atoms with E-state index < -0.39 is 0 Å². The van der Waals surface area contributed by atoms with Crippen LogP contribution in [0.25, 0.3) is 0 Å². The number of ether oxygens (including phenoxy) is 1. The molecule has 0 aliphatic carbocycles. The lowest BCUT2D eigenvalue weighted by Gasteiger charge is -2.13. The summed E-state index contributed by atoms with van der Waals surface area (Å²) in [7, 11) is 0. The summed E-state index contributed by atoms with van der Waals surface area (Å²) in [6.07, 6.45) is 5.98. The van der Waals surface area contributed by atoms with Gasteiger partial charge in [0.2, 0.25) is 0 Å². The SMILES string of the molecule is CCCCCCOc1c(Cl)cccc1CNCCC. The number of rotatable bonds is 10. The summed E-state index contributed by atoms with van der Waals surface area (Å²) in [5.41, 5.74) is 1.15. The first kappa shape index (κ1) is 16.3. The first-order valence-electron chi connectivity index (χ1n) is 7.40. The average Bonchev–Trinajstić information content (AvgIpc) is 2.41. The molecule has 1 aromatic rings. The fourth-order valence-corrected chi connectivity index (χ4v) is 2.21. The monoisotopic (exact) mass is 283 g/mol. The number of halogens is 1. The van der Waals surface area contributed by atoms with Crippen molar-refractivity contribution in [2.75, 3.05) is 13.2 Å². The Morgan fingerprint density at radius 2 is 1.95 bits per heavy atom. The van der Waals surface area contributed by atoms with E-state index in [1.165, 1.54) is 19.3 Å². The van der Waals surface area contributed by atoms with Gasteiger partial charge in [-0.3, -0.25) is 0 Å². The molecule has 3 heteroatoms. The van der Waals surface area contributed by atoms with Crippen molar-refractivity contribution in [3.63, 3.8) is 0 Å². The van der Waals surface area contributed by atoms with Crippen LogP contribution in [0.4, 0.5) is 0 Å². The van der Waals surface area contributed by atoms with Gasteiger partial charge in [-0.15, -0.1) is 0 Å². The molecule has 0 aromatic heterocycles. The summed E-state index contributed by atoms with van der Waals surface area (Å²) < 4.78 is 5.87. The molecule has 1 aromatic carbocycles. The van der Waals surface area contributed by atoms with Crippen LogP contribution in [-0.4, -0.2) is 13.2 Å². The molecule has 1 N–H and O–H groups in total. The molecule has 0 aliphatic heterocycles. The number of unbranched alkanes of at least 4 members (excludes halogenated alkanes) is 3. The van der Waals surface area contributed by atoms with Crippen LogP contribution in [0.5, 0.6) is 5.75 Å². The van der Waals surface area contributed by atoms with Crippen LogP contribution in [0.3, 0.4) is 0 Å². The zero-order valence-corrected chi connectivity index (χ0v) is 12.9. The van der Waals surface area contributed by atoms with Crippen molar-refractivity contribution in [1.82, 2.24) is 5.32 Å². The van der Waals surface area contributed by atoms with Gasteiger partial charge in [-0.05, 0) is 25.5 Å². The van der Waals surface area contributed by atoms with Crippen molar-refractivity contribution >= 4 is 11.6 Å². The Morgan fingerprint density at radius 3 is 2.68 bits per heavy atom. The Kier molecular flexibility index (Phi) is 8.68. The molecule has 0 unspecified atom stereocenters. The highest BCUT2D eigenvalue weighted by molar-refractivity contribution is 6.32. The molecule has 0 heterocycles. The second-order valence-electron chi connectivity index (χ2n) is 4.81. The highest BCUT2D eigenvalue weighted by Gasteiger charge is 2.07. The van der Waals surface area contributed by atoms with E-state index in [0.29, 0.717) is 5.02 Å². The molecule has 0 atom stereocenters. The van der Waals surface area contributed by atoms with Crippen molar-refractivity contribution in [3.05, 3.63) is 28.8 Å². The molecule has 108 valence electrons. The van der Waals surface area contributed by atoms with Crippen LogP contribution in [0.2, 0.25) is 5.02 Å². The smallest absolute Gasteiger partial charge is 0.142 e. The van der Waals surface area contributed by atoms with Gasteiger partial charge in [-0.1, -0.05) is 56.8 Å².